The second kappa shape index (κ2) is 40.8. The van der Waals surface area contributed by atoms with E-state index in [-0.39, 0.29) is 66.1 Å². The van der Waals surface area contributed by atoms with Gasteiger partial charge in [0.25, 0.3) is 0 Å². The topological polar surface area (TPSA) is 308 Å². The van der Waals surface area contributed by atoms with Crippen LogP contribution in [0.5, 0.6) is 0 Å². The van der Waals surface area contributed by atoms with Gasteiger partial charge in [-0.25, -0.2) is 19.2 Å². The van der Waals surface area contributed by atoms with Gasteiger partial charge in [0.15, 0.2) is 0 Å². The molecule has 0 rings (SSSR count). The van der Waals surface area contributed by atoms with E-state index < -0.39 is 35.5 Å². The van der Waals surface area contributed by atoms with Crippen LogP contribution >= 0.6 is 0 Å². The third-order valence-corrected chi connectivity index (χ3v) is 4.81. The zero-order chi connectivity index (χ0) is 37.5. The van der Waals surface area contributed by atoms with Gasteiger partial charge in [0.2, 0.25) is 0 Å². The Morgan fingerprint density at radius 3 is 0.630 bits per heavy atom. The number of ether oxygens (including phenoxy) is 4. The summed E-state index contributed by atoms with van der Waals surface area (Å²) in [6.45, 7) is 15.9. The number of aliphatic hydroxyl groups is 6. The predicted molar refractivity (Wildman–Crippen MR) is 165 cm³/mol. The SMILES string of the molecule is C=CCOC(=O)O.C=CCOC(=O)O.C=CCOC(=O)O.C=CCOC(=O)O.CCC(CO)(CO)CO.CCC(CO)(CO)CO. The quantitative estimate of drug-likeness (QED) is 0.0636. The van der Waals surface area contributed by atoms with Crippen molar-refractivity contribution in [2.75, 3.05) is 66.1 Å². The van der Waals surface area contributed by atoms with E-state index in [2.05, 4.69) is 45.3 Å². The highest BCUT2D eigenvalue weighted by atomic mass is 16.7. The molecule has 46 heavy (non-hydrogen) atoms. The standard InChI is InChI=1S/2C6H14O3.4C4H6O3/c2*1-2-6(3-7,4-8)5-9;4*1-2-3-7-4(5)6/h2*7-9H,2-5H2,1H3;4*2H,1,3H2,(H,5,6). The molecule has 18 heteroatoms. The molecule has 0 heterocycles. The lowest BCUT2D eigenvalue weighted by molar-refractivity contribution is 0.00275. The van der Waals surface area contributed by atoms with Gasteiger partial charge in [0.1, 0.15) is 26.4 Å². The number of aliphatic hydroxyl groups excluding tert-OH is 6. The van der Waals surface area contributed by atoms with Crippen LogP contribution in [0, 0.1) is 10.8 Å². The molecule has 0 saturated carbocycles. The Labute approximate surface area is 268 Å². The molecule has 0 aromatic heterocycles. The van der Waals surface area contributed by atoms with Gasteiger partial charge in [-0.2, -0.15) is 0 Å². The zero-order valence-electron chi connectivity index (χ0n) is 26.4. The van der Waals surface area contributed by atoms with Crippen molar-refractivity contribution in [3.63, 3.8) is 0 Å². The molecule has 0 aromatic carbocycles. The van der Waals surface area contributed by atoms with E-state index in [0.29, 0.717) is 12.8 Å². The second-order valence-electron chi connectivity index (χ2n) is 8.12. The van der Waals surface area contributed by atoms with Crippen LogP contribution in [0.1, 0.15) is 26.7 Å². The number of carbonyl (C=O) groups is 4. The molecule has 0 aliphatic rings. The van der Waals surface area contributed by atoms with E-state index in [9.17, 15) is 19.2 Å². The highest BCUT2D eigenvalue weighted by molar-refractivity contribution is 5.57. The highest BCUT2D eigenvalue weighted by Gasteiger charge is 2.25. The molecule has 0 aliphatic heterocycles. The lowest BCUT2D eigenvalue weighted by Crippen LogP contribution is -2.32. The molecular formula is C28H52O18. The van der Waals surface area contributed by atoms with E-state index in [1.54, 1.807) is 0 Å². The lowest BCUT2D eigenvalue weighted by Gasteiger charge is -2.24. The van der Waals surface area contributed by atoms with Gasteiger partial charge >= 0.3 is 24.6 Å². The predicted octanol–water partition coefficient (Wildman–Crippen LogP) is 2.19. The summed E-state index contributed by atoms with van der Waals surface area (Å²) in [5.74, 6) is 0. The van der Waals surface area contributed by atoms with E-state index in [1.165, 1.54) is 24.3 Å². The molecule has 0 amide bonds. The molecule has 272 valence electrons. The lowest BCUT2D eigenvalue weighted by atomic mass is 9.88. The Morgan fingerprint density at radius 1 is 0.457 bits per heavy atom. The van der Waals surface area contributed by atoms with Crippen LogP contribution in [-0.2, 0) is 18.9 Å². The average molecular weight is 677 g/mol. The summed E-state index contributed by atoms with van der Waals surface area (Å²) in [6.07, 6.45) is 1.61. The van der Waals surface area contributed by atoms with Crippen LogP contribution in [0.4, 0.5) is 19.2 Å². The van der Waals surface area contributed by atoms with Crippen molar-refractivity contribution >= 4 is 24.6 Å². The monoisotopic (exact) mass is 676 g/mol. The van der Waals surface area contributed by atoms with Crippen LogP contribution in [0.25, 0.3) is 0 Å². The summed E-state index contributed by atoms with van der Waals surface area (Å²) in [5, 5.41) is 83.0. The van der Waals surface area contributed by atoms with Crippen LogP contribution in [-0.4, -0.2) is 142 Å². The summed E-state index contributed by atoms with van der Waals surface area (Å²) in [6, 6.07) is 0. The van der Waals surface area contributed by atoms with Crippen molar-refractivity contribution in [3.05, 3.63) is 50.6 Å². The Morgan fingerprint density at radius 2 is 0.609 bits per heavy atom. The summed E-state index contributed by atoms with van der Waals surface area (Å²) in [7, 11) is 0. The molecule has 10 N–H and O–H groups in total. The van der Waals surface area contributed by atoms with Gasteiger partial charge in [-0.3, -0.25) is 0 Å². The molecular weight excluding hydrogens is 624 g/mol. The number of hydrogen-bond donors (Lipinski definition) is 10. The van der Waals surface area contributed by atoms with Crippen LogP contribution in [0.3, 0.4) is 0 Å². The molecule has 18 nitrogen and oxygen atoms in total. The van der Waals surface area contributed by atoms with Crippen molar-refractivity contribution in [2.45, 2.75) is 26.7 Å². The summed E-state index contributed by atoms with van der Waals surface area (Å²) < 4.78 is 16.0. The average Bonchev–Trinajstić information content (AvgIpc) is 3.05. The molecule has 0 aliphatic carbocycles. The first-order chi connectivity index (χ1) is 21.6. The van der Waals surface area contributed by atoms with Crippen LogP contribution < -0.4 is 0 Å². The largest absolute Gasteiger partial charge is 0.506 e. The van der Waals surface area contributed by atoms with Gasteiger partial charge < -0.3 is 70.0 Å². The molecule has 0 atom stereocenters. The van der Waals surface area contributed by atoms with Crippen molar-refractivity contribution in [3.8, 4) is 0 Å². The maximum Gasteiger partial charge on any atom is 0.506 e. The molecule has 0 fully saturated rings. The first-order valence-electron chi connectivity index (χ1n) is 13.1. The minimum atomic E-state index is -1.26. The van der Waals surface area contributed by atoms with E-state index in [0.717, 1.165) is 0 Å². The normalized spacial score (nSPS) is 9.22. The minimum Gasteiger partial charge on any atom is -0.450 e. The molecule has 0 radical (unpaired) electrons. The smallest absolute Gasteiger partial charge is 0.450 e. The molecule has 0 aromatic rings. The van der Waals surface area contributed by atoms with Gasteiger partial charge in [0, 0.05) is 10.8 Å². The van der Waals surface area contributed by atoms with E-state index in [4.69, 9.17) is 51.1 Å². The Balaban J connectivity index is -0.000000105. The van der Waals surface area contributed by atoms with Crippen molar-refractivity contribution in [1.82, 2.24) is 0 Å². The molecule has 0 unspecified atom stereocenters. The van der Waals surface area contributed by atoms with E-state index >= 15 is 0 Å². The Kier molecular flexibility index (Phi) is 48.2. The van der Waals surface area contributed by atoms with Crippen LogP contribution in [0.2, 0.25) is 0 Å². The first-order valence-corrected chi connectivity index (χ1v) is 13.1. The minimum absolute atomic E-state index is 0.0648. The van der Waals surface area contributed by atoms with Gasteiger partial charge in [-0.05, 0) is 12.8 Å². The number of carboxylic acid groups (broad SMARTS) is 4. The molecule has 0 saturated heterocycles. The molecule has 0 spiro atoms. The maximum absolute atomic E-state index is 9.49. The number of rotatable bonds is 16. The van der Waals surface area contributed by atoms with Crippen molar-refractivity contribution < 1.29 is 89.2 Å². The summed E-state index contributed by atoms with van der Waals surface area (Å²) in [5.41, 5.74) is -1.33. The zero-order valence-corrected chi connectivity index (χ0v) is 26.4. The summed E-state index contributed by atoms with van der Waals surface area (Å²) in [4.78, 5) is 38.0. The fraction of sp³-hybridized carbons (Fsp3) is 0.571. The highest BCUT2D eigenvalue weighted by Crippen LogP contribution is 2.18. The van der Waals surface area contributed by atoms with Crippen molar-refractivity contribution in [2.24, 2.45) is 10.8 Å². The summed E-state index contributed by atoms with van der Waals surface area (Å²) >= 11 is 0. The number of hydrogen-bond acceptors (Lipinski definition) is 14. The third kappa shape index (κ3) is 46.7. The van der Waals surface area contributed by atoms with Crippen LogP contribution in [0.15, 0.2) is 50.6 Å². The fourth-order valence-corrected chi connectivity index (χ4v) is 1.49. The fourth-order valence-electron chi connectivity index (χ4n) is 1.49. The van der Waals surface area contributed by atoms with Gasteiger partial charge in [-0.1, -0.05) is 64.5 Å². The van der Waals surface area contributed by atoms with Crippen molar-refractivity contribution in [1.29, 1.82) is 0 Å². The maximum atomic E-state index is 9.49. The third-order valence-electron chi connectivity index (χ3n) is 4.81. The van der Waals surface area contributed by atoms with E-state index in [1.807, 2.05) is 13.8 Å². The first kappa shape index (κ1) is 54.3. The van der Waals surface area contributed by atoms with Gasteiger partial charge in [0.05, 0.1) is 39.6 Å². The Hall–Kier alpha value is -4.20. The Bertz CT molecular complexity index is 633. The second-order valence-corrected chi connectivity index (χ2v) is 8.12. The van der Waals surface area contributed by atoms with Gasteiger partial charge in [-0.15, -0.1) is 0 Å². The molecule has 0 bridgehead atoms.